The third-order valence-corrected chi connectivity index (χ3v) is 4.13. The van der Waals surface area contributed by atoms with E-state index in [1.165, 1.54) is 23.3 Å². The first-order chi connectivity index (χ1) is 12.4. The molecule has 1 N–H and O–H groups in total. The van der Waals surface area contributed by atoms with Gasteiger partial charge in [-0.05, 0) is 17.7 Å². The summed E-state index contributed by atoms with van der Waals surface area (Å²) in [5.41, 5.74) is 2.03. The minimum Gasteiger partial charge on any atom is -0.346 e. The number of nitrogens with zero attached hydrogens (tertiary/aromatic N) is 5. The zero-order chi connectivity index (χ0) is 18.7. The van der Waals surface area contributed by atoms with Gasteiger partial charge < -0.3 is 5.32 Å². The molecule has 3 rings (SSSR count). The number of carbonyl (C=O) groups is 1. The zero-order valence-corrected chi connectivity index (χ0v) is 14.6. The van der Waals surface area contributed by atoms with Crippen LogP contribution >= 0.6 is 11.6 Å². The molecular formula is C16H15ClN6O3. The van der Waals surface area contributed by atoms with Crippen molar-refractivity contribution in [3.05, 3.63) is 74.8 Å². The Morgan fingerprint density at radius 3 is 2.58 bits per heavy atom. The van der Waals surface area contributed by atoms with Crippen LogP contribution in [-0.2, 0) is 20.1 Å². The number of aryl methyl sites for hydroxylation is 1. The minimum atomic E-state index is -0.495. The topological polar surface area (TPSA) is 108 Å². The molecule has 0 unspecified atom stereocenters. The second-order valence-corrected chi connectivity index (χ2v) is 6.00. The smallest absolute Gasteiger partial charge is 0.307 e. The van der Waals surface area contributed by atoms with Crippen molar-refractivity contribution in [2.24, 2.45) is 7.05 Å². The van der Waals surface area contributed by atoms with Crippen LogP contribution in [0.25, 0.3) is 0 Å². The van der Waals surface area contributed by atoms with Crippen molar-refractivity contribution in [2.75, 3.05) is 0 Å². The lowest BCUT2D eigenvalue weighted by molar-refractivity contribution is -0.385. The molecule has 2 aromatic heterocycles. The number of hydrogen-bond donors (Lipinski definition) is 1. The molecule has 0 bridgehead atoms. The number of benzene rings is 1. The highest BCUT2D eigenvalue weighted by Crippen LogP contribution is 2.14. The second kappa shape index (κ2) is 7.36. The van der Waals surface area contributed by atoms with Crippen LogP contribution in [0.3, 0.4) is 0 Å². The van der Waals surface area contributed by atoms with Gasteiger partial charge in [0, 0.05) is 12.6 Å². The lowest BCUT2D eigenvalue weighted by Crippen LogP contribution is -2.24. The van der Waals surface area contributed by atoms with Gasteiger partial charge in [-0.25, -0.2) is 0 Å². The first-order valence-electron chi connectivity index (χ1n) is 7.64. The average Bonchev–Trinajstić information content (AvgIpc) is 3.21. The van der Waals surface area contributed by atoms with Crippen molar-refractivity contribution in [1.82, 2.24) is 24.9 Å². The molecule has 10 heteroatoms. The molecule has 0 aliphatic carbocycles. The number of hydrogen-bond acceptors (Lipinski definition) is 5. The van der Waals surface area contributed by atoms with Gasteiger partial charge in [0.2, 0.25) is 0 Å². The summed E-state index contributed by atoms with van der Waals surface area (Å²) in [7, 11) is 1.75. The van der Waals surface area contributed by atoms with Crippen LogP contribution in [0.15, 0.2) is 42.9 Å². The Balaban J connectivity index is 1.61. The van der Waals surface area contributed by atoms with E-state index in [1.54, 1.807) is 36.0 Å². The SMILES string of the molecule is Cn1ncc(Cl)c1CNC(=O)c1ccc(Cn2cc([N+](=O)[O-])cn2)cc1. The molecule has 9 nitrogen and oxygen atoms in total. The largest absolute Gasteiger partial charge is 0.346 e. The Bertz CT molecular complexity index is 928. The van der Waals surface area contributed by atoms with Gasteiger partial charge in [0.1, 0.15) is 12.4 Å². The summed E-state index contributed by atoms with van der Waals surface area (Å²) in [5, 5.41) is 21.9. The van der Waals surface area contributed by atoms with Crippen LogP contribution < -0.4 is 5.32 Å². The number of aromatic nitrogens is 4. The van der Waals surface area contributed by atoms with Crippen molar-refractivity contribution in [2.45, 2.75) is 13.1 Å². The van der Waals surface area contributed by atoms with E-state index in [4.69, 9.17) is 11.6 Å². The lowest BCUT2D eigenvalue weighted by atomic mass is 10.1. The number of carbonyl (C=O) groups excluding carboxylic acids is 1. The van der Waals surface area contributed by atoms with E-state index in [0.29, 0.717) is 17.1 Å². The van der Waals surface area contributed by atoms with Crippen LogP contribution in [0.1, 0.15) is 21.6 Å². The van der Waals surface area contributed by atoms with E-state index in [1.807, 2.05) is 0 Å². The molecule has 1 amide bonds. The summed E-state index contributed by atoms with van der Waals surface area (Å²) >= 11 is 6.01. The summed E-state index contributed by atoms with van der Waals surface area (Å²) in [5.74, 6) is -0.233. The van der Waals surface area contributed by atoms with Crippen molar-refractivity contribution >= 4 is 23.2 Å². The third-order valence-electron chi connectivity index (χ3n) is 3.82. The van der Waals surface area contributed by atoms with Gasteiger partial charge in [-0.15, -0.1) is 0 Å². The fraction of sp³-hybridized carbons (Fsp3) is 0.188. The predicted molar refractivity (Wildman–Crippen MR) is 93.8 cm³/mol. The second-order valence-electron chi connectivity index (χ2n) is 5.60. The van der Waals surface area contributed by atoms with Crippen molar-refractivity contribution < 1.29 is 9.72 Å². The van der Waals surface area contributed by atoms with Crippen LogP contribution in [0.5, 0.6) is 0 Å². The molecule has 0 saturated heterocycles. The highest BCUT2D eigenvalue weighted by atomic mass is 35.5. The molecule has 0 aliphatic rings. The summed E-state index contributed by atoms with van der Waals surface area (Å²) in [4.78, 5) is 22.4. The molecular weight excluding hydrogens is 360 g/mol. The molecule has 3 aromatic rings. The zero-order valence-electron chi connectivity index (χ0n) is 13.8. The standard InChI is InChI=1S/C16H15ClN6O3/c1-21-15(14(17)7-19-21)8-18-16(24)12-4-2-11(3-5-12)9-22-10-13(6-20-22)23(25)26/h2-7,10H,8-9H2,1H3,(H,18,24). The molecule has 0 fully saturated rings. The molecule has 1 aromatic carbocycles. The fourth-order valence-electron chi connectivity index (χ4n) is 2.38. The van der Waals surface area contributed by atoms with Crippen LogP contribution in [-0.4, -0.2) is 30.4 Å². The molecule has 134 valence electrons. The monoisotopic (exact) mass is 374 g/mol. The van der Waals surface area contributed by atoms with E-state index in [2.05, 4.69) is 15.5 Å². The van der Waals surface area contributed by atoms with E-state index in [9.17, 15) is 14.9 Å². The van der Waals surface area contributed by atoms with Gasteiger partial charge >= 0.3 is 5.69 Å². The first-order valence-corrected chi connectivity index (χ1v) is 8.02. The lowest BCUT2D eigenvalue weighted by Gasteiger charge is -2.07. The van der Waals surface area contributed by atoms with E-state index >= 15 is 0 Å². The molecule has 26 heavy (non-hydrogen) atoms. The van der Waals surface area contributed by atoms with Gasteiger partial charge in [0.15, 0.2) is 0 Å². The Morgan fingerprint density at radius 2 is 2.00 bits per heavy atom. The summed E-state index contributed by atoms with van der Waals surface area (Å²) in [6, 6.07) is 6.93. The van der Waals surface area contributed by atoms with Gasteiger partial charge in [-0.3, -0.25) is 24.3 Å². The maximum atomic E-state index is 12.2. The summed E-state index contributed by atoms with van der Waals surface area (Å²) in [6.07, 6.45) is 4.08. The molecule has 0 aliphatic heterocycles. The number of nitro groups is 1. The van der Waals surface area contributed by atoms with Gasteiger partial charge in [-0.1, -0.05) is 23.7 Å². The van der Waals surface area contributed by atoms with Gasteiger partial charge in [0.05, 0.1) is 34.9 Å². The van der Waals surface area contributed by atoms with E-state index in [-0.39, 0.29) is 18.1 Å². The van der Waals surface area contributed by atoms with Crippen molar-refractivity contribution in [1.29, 1.82) is 0 Å². The maximum Gasteiger partial charge on any atom is 0.307 e. The number of amides is 1. The Kier molecular flexibility index (Phi) is 4.99. The van der Waals surface area contributed by atoms with Gasteiger partial charge in [0.25, 0.3) is 5.91 Å². The average molecular weight is 375 g/mol. The van der Waals surface area contributed by atoms with Crippen molar-refractivity contribution in [3.63, 3.8) is 0 Å². The normalized spacial score (nSPS) is 10.7. The number of rotatable bonds is 6. The van der Waals surface area contributed by atoms with E-state index in [0.717, 1.165) is 11.3 Å². The van der Waals surface area contributed by atoms with Crippen LogP contribution in [0.2, 0.25) is 5.02 Å². The van der Waals surface area contributed by atoms with Gasteiger partial charge in [-0.2, -0.15) is 10.2 Å². The third kappa shape index (κ3) is 3.89. The molecule has 0 radical (unpaired) electrons. The Labute approximate surface area is 153 Å². The molecule has 0 atom stereocenters. The van der Waals surface area contributed by atoms with Crippen LogP contribution in [0, 0.1) is 10.1 Å². The van der Waals surface area contributed by atoms with E-state index < -0.39 is 4.92 Å². The quantitative estimate of drug-likeness (QED) is 0.525. The molecule has 2 heterocycles. The molecule has 0 spiro atoms. The number of nitrogens with one attached hydrogen (secondary N) is 1. The summed E-state index contributed by atoms with van der Waals surface area (Å²) in [6.45, 7) is 0.646. The summed E-state index contributed by atoms with van der Waals surface area (Å²) < 4.78 is 3.08. The first kappa shape index (κ1) is 17.6. The Morgan fingerprint density at radius 1 is 1.27 bits per heavy atom. The predicted octanol–water partition coefficient (Wildman–Crippen LogP) is 2.16. The molecule has 0 saturated carbocycles. The fourth-order valence-corrected chi connectivity index (χ4v) is 2.62. The number of halogens is 1. The highest BCUT2D eigenvalue weighted by Gasteiger charge is 2.11. The Hall–Kier alpha value is -3.20. The van der Waals surface area contributed by atoms with Crippen molar-refractivity contribution in [3.8, 4) is 0 Å². The highest BCUT2D eigenvalue weighted by molar-refractivity contribution is 6.31. The minimum absolute atomic E-state index is 0.0603. The maximum absolute atomic E-state index is 12.2. The van der Waals surface area contributed by atoms with Crippen LogP contribution in [0.4, 0.5) is 5.69 Å².